The van der Waals surface area contributed by atoms with E-state index in [2.05, 4.69) is 78.8 Å². The molecule has 1 aliphatic heterocycles. The van der Waals surface area contributed by atoms with Crippen molar-refractivity contribution in [2.75, 3.05) is 26.2 Å². The second-order valence-corrected chi connectivity index (χ2v) is 10.0. The van der Waals surface area contributed by atoms with Gasteiger partial charge in [-0.3, -0.25) is 14.6 Å². The Hall–Kier alpha value is -4.14. The molecule has 5 aromatic rings. The molecule has 6 rings (SSSR count). The molecule has 1 fully saturated rings. The molecule has 0 radical (unpaired) electrons. The van der Waals surface area contributed by atoms with Crippen molar-refractivity contribution in [2.24, 2.45) is 0 Å². The first-order valence-electron chi connectivity index (χ1n) is 13.1. The number of piperazine rings is 1. The molecular formula is C30H31N7O. The minimum atomic E-state index is -0.359. The van der Waals surface area contributed by atoms with Gasteiger partial charge in [-0.2, -0.15) is 0 Å². The molecule has 0 bridgehead atoms. The van der Waals surface area contributed by atoms with Gasteiger partial charge in [0.25, 0.3) is 5.56 Å². The van der Waals surface area contributed by atoms with E-state index in [1.165, 1.54) is 5.56 Å². The molecule has 1 N–H and O–H groups in total. The van der Waals surface area contributed by atoms with Gasteiger partial charge in [0.2, 0.25) is 0 Å². The molecule has 0 unspecified atom stereocenters. The van der Waals surface area contributed by atoms with Gasteiger partial charge >= 0.3 is 0 Å². The number of fused-ring (bicyclic) bond motifs is 1. The van der Waals surface area contributed by atoms with Crippen molar-refractivity contribution in [1.82, 2.24) is 35.0 Å². The highest BCUT2D eigenvalue weighted by atomic mass is 16.1. The third kappa shape index (κ3) is 5.14. The topological polar surface area (TPSA) is 82.9 Å². The third-order valence-electron chi connectivity index (χ3n) is 7.33. The zero-order valence-corrected chi connectivity index (χ0v) is 21.5. The number of H-pyrrole nitrogens is 1. The molecule has 8 heteroatoms. The monoisotopic (exact) mass is 505 g/mol. The summed E-state index contributed by atoms with van der Waals surface area (Å²) in [5.41, 5.74) is 4.94. The van der Waals surface area contributed by atoms with Crippen LogP contribution in [0.1, 0.15) is 34.1 Å². The maximum absolute atomic E-state index is 13.5. The minimum absolute atomic E-state index is 0.103. The van der Waals surface area contributed by atoms with E-state index >= 15 is 0 Å². The predicted molar refractivity (Wildman–Crippen MR) is 148 cm³/mol. The summed E-state index contributed by atoms with van der Waals surface area (Å²) in [5.74, 6) is 0.683. The summed E-state index contributed by atoms with van der Waals surface area (Å²) in [6, 6.07) is 28.5. The Bertz CT molecular complexity index is 1570. The highest BCUT2D eigenvalue weighted by Gasteiger charge is 2.32. The Kier molecular flexibility index (Phi) is 6.81. The van der Waals surface area contributed by atoms with Gasteiger partial charge in [-0.25, -0.2) is 4.68 Å². The number of aryl methyl sites for hydroxylation is 1. The van der Waals surface area contributed by atoms with Gasteiger partial charge in [-0.05, 0) is 51.6 Å². The molecule has 2 aromatic heterocycles. The molecule has 192 valence electrons. The minimum Gasteiger partial charge on any atom is -0.322 e. The van der Waals surface area contributed by atoms with Gasteiger partial charge in [0.1, 0.15) is 6.04 Å². The SMILES string of the molecule is Cc1ccc2cc([C@H](c3nnnn3Cc3ccccc3)N3CCN(Cc4ccccc4)CC3)c(=O)[nH]c2c1. The number of pyridine rings is 1. The van der Waals surface area contributed by atoms with Crippen molar-refractivity contribution < 1.29 is 0 Å². The lowest BCUT2D eigenvalue weighted by Gasteiger charge is -2.38. The zero-order chi connectivity index (χ0) is 25.9. The van der Waals surface area contributed by atoms with Gasteiger partial charge < -0.3 is 4.98 Å². The summed E-state index contributed by atoms with van der Waals surface area (Å²) in [6.45, 7) is 6.90. The Morgan fingerprint density at radius 2 is 1.53 bits per heavy atom. The number of nitrogens with zero attached hydrogens (tertiary/aromatic N) is 6. The molecule has 3 aromatic carbocycles. The van der Waals surface area contributed by atoms with Gasteiger partial charge in [0.05, 0.1) is 6.54 Å². The van der Waals surface area contributed by atoms with Gasteiger partial charge in [-0.1, -0.05) is 72.8 Å². The van der Waals surface area contributed by atoms with Crippen LogP contribution in [0.3, 0.4) is 0 Å². The third-order valence-corrected chi connectivity index (χ3v) is 7.33. The van der Waals surface area contributed by atoms with Crippen LogP contribution in [-0.2, 0) is 13.1 Å². The van der Waals surface area contributed by atoms with E-state index in [1.807, 2.05) is 48.0 Å². The summed E-state index contributed by atoms with van der Waals surface area (Å²) in [4.78, 5) is 21.5. The van der Waals surface area contributed by atoms with Crippen LogP contribution in [0.2, 0.25) is 0 Å². The Morgan fingerprint density at radius 3 is 2.24 bits per heavy atom. The second kappa shape index (κ2) is 10.7. The number of hydrogen-bond donors (Lipinski definition) is 1. The van der Waals surface area contributed by atoms with Crippen LogP contribution in [-0.4, -0.2) is 61.2 Å². The molecule has 1 aliphatic rings. The number of aromatic amines is 1. The molecule has 0 saturated carbocycles. The van der Waals surface area contributed by atoms with Crippen molar-refractivity contribution in [1.29, 1.82) is 0 Å². The van der Waals surface area contributed by atoms with E-state index in [0.29, 0.717) is 17.9 Å². The van der Waals surface area contributed by atoms with E-state index in [-0.39, 0.29) is 11.6 Å². The Labute approximate surface area is 221 Å². The molecule has 1 saturated heterocycles. The molecule has 3 heterocycles. The van der Waals surface area contributed by atoms with Crippen molar-refractivity contribution in [3.63, 3.8) is 0 Å². The van der Waals surface area contributed by atoms with Crippen molar-refractivity contribution in [2.45, 2.75) is 26.1 Å². The number of nitrogens with one attached hydrogen (secondary N) is 1. The van der Waals surface area contributed by atoms with E-state index in [0.717, 1.165) is 54.8 Å². The fraction of sp³-hybridized carbons (Fsp3) is 0.267. The molecule has 0 amide bonds. The summed E-state index contributed by atoms with van der Waals surface area (Å²) in [7, 11) is 0. The molecule has 0 aliphatic carbocycles. The highest BCUT2D eigenvalue weighted by Crippen LogP contribution is 2.28. The summed E-state index contributed by atoms with van der Waals surface area (Å²) < 4.78 is 1.83. The Balaban J connectivity index is 1.35. The quantitative estimate of drug-likeness (QED) is 0.363. The lowest BCUT2D eigenvalue weighted by Crippen LogP contribution is -2.48. The summed E-state index contributed by atoms with van der Waals surface area (Å²) in [6.07, 6.45) is 0. The standard InChI is InChI=1S/C30H31N7O/c1-22-12-13-25-19-26(30(38)31-27(25)18-22)28(29-32-33-34-37(29)21-24-10-6-3-7-11-24)36-16-14-35(15-17-36)20-23-8-4-2-5-9-23/h2-13,18-19,28H,14-17,20-21H2,1H3,(H,31,38)/t28-/m1/s1. The molecule has 38 heavy (non-hydrogen) atoms. The van der Waals surface area contributed by atoms with Crippen LogP contribution >= 0.6 is 0 Å². The largest absolute Gasteiger partial charge is 0.322 e. The maximum Gasteiger partial charge on any atom is 0.253 e. The molecular weight excluding hydrogens is 474 g/mol. The van der Waals surface area contributed by atoms with Crippen molar-refractivity contribution in [3.05, 3.63) is 123 Å². The normalized spacial score (nSPS) is 15.6. The first-order valence-corrected chi connectivity index (χ1v) is 13.1. The van der Waals surface area contributed by atoms with Crippen molar-refractivity contribution in [3.8, 4) is 0 Å². The summed E-state index contributed by atoms with van der Waals surface area (Å²) >= 11 is 0. The fourth-order valence-corrected chi connectivity index (χ4v) is 5.33. The molecule has 8 nitrogen and oxygen atoms in total. The molecule has 0 spiro atoms. The molecule has 1 atom stereocenters. The lowest BCUT2D eigenvalue weighted by molar-refractivity contribution is 0.0998. The lowest BCUT2D eigenvalue weighted by atomic mass is 10.0. The van der Waals surface area contributed by atoms with Gasteiger partial charge in [0.15, 0.2) is 5.82 Å². The fourth-order valence-electron chi connectivity index (χ4n) is 5.33. The number of tetrazole rings is 1. The highest BCUT2D eigenvalue weighted by molar-refractivity contribution is 5.79. The van der Waals surface area contributed by atoms with Gasteiger partial charge in [-0.15, -0.1) is 5.10 Å². The van der Waals surface area contributed by atoms with Gasteiger partial charge in [0, 0.05) is 43.8 Å². The van der Waals surface area contributed by atoms with Crippen LogP contribution < -0.4 is 5.56 Å². The van der Waals surface area contributed by atoms with Crippen LogP contribution in [0.15, 0.2) is 89.7 Å². The number of rotatable bonds is 7. The number of aromatic nitrogens is 5. The van der Waals surface area contributed by atoms with Crippen molar-refractivity contribution >= 4 is 10.9 Å². The van der Waals surface area contributed by atoms with E-state index < -0.39 is 0 Å². The van der Waals surface area contributed by atoms with Crippen LogP contribution in [0.25, 0.3) is 10.9 Å². The smallest absolute Gasteiger partial charge is 0.253 e. The van der Waals surface area contributed by atoms with E-state index in [1.54, 1.807) is 0 Å². The first-order chi connectivity index (χ1) is 18.6. The second-order valence-electron chi connectivity index (χ2n) is 10.0. The predicted octanol–water partition coefficient (Wildman–Crippen LogP) is 3.78. The average molecular weight is 506 g/mol. The van der Waals surface area contributed by atoms with Crippen LogP contribution in [0.4, 0.5) is 0 Å². The maximum atomic E-state index is 13.5. The number of benzene rings is 3. The van der Waals surface area contributed by atoms with Crippen LogP contribution in [0, 0.1) is 6.92 Å². The van der Waals surface area contributed by atoms with E-state index in [9.17, 15) is 4.79 Å². The first kappa shape index (κ1) is 24.2. The zero-order valence-electron chi connectivity index (χ0n) is 21.5. The van der Waals surface area contributed by atoms with Crippen LogP contribution in [0.5, 0.6) is 0 Å². The Morgan fingerprint density at radius 1 is 0.842 bits per heavy atom. The summed E-state index contributed by atoms with van der Waals surface area (Å²) in [5, 5.41) is 13.9. The number of hydrogen-bond acceptors (Lipinski definition) is 6. The average Bonchev–Trinajstić information content (AvgIpc) is 3.39. The van der Waals surface area contributed by atoms with E-state index in [4.69, 9.17) is 0 Å².